The first-order chi connectivity index (χ1) is 8.07. The molecule has 6 nitrogen and oxygen atoms in total. The minimum atomic E-state index is -1.01. The van der Waals surface area contributed by atoms with E-state index in [0.717, 1.165) is 12.0 Å². The number of methoxy groups -OCH3 is 1. The maximum absolute atomic E-state index is 11.6. The Balaban J connectivity index is 2.21. The Morgan fingerprint density at radius 1 is 1.53 bits per heavy atom. The Hall–Kier alpha value is -1.76. The van der Waals surface area contributed by atoms with Crippen molar-refractivity contribution in [3.8, 4) is 0 Å². The van der Waals surface area contributed by atoms with E-state index in [1.165, 1.54) is 11.3 Å². The second-order valence-electron chi connectivity index (χ2n) is 3.70. The van der Waals surface area contributed by atoms with E-state index in [1.54, 1.807) is 17.5 Å². The van der Waals surface area contributed by atoms with Crippen LogP contribution in [0.1, 0.15) is 10.8 Å². The highest BCUT2D eigenvalue weighted by Gasteiger charge is 2.66. The lowest BCUT2D eigenvalue weighted by atomic mass is 10.2. The van der Waals surface area contributed by atoms with Gasteiger partial charge in [0.1, 0.15) is 5.92 Å². The topological polar surface area (TPSA) is 86.5 Å². The van der Waals surface area contributed by atoms with Gasteiger partial charge in [-0.3, -0.25) is 14.9 Å². The van der Waals surface area contributed by atoms with E-state index in [2.05, 4.69) is 4.74 Å². The van der Waals surface area contributed by atoms with Gasteiger partial charge in [0.05, 0.1) is 13.0 Å². The number of carbonyl (C=O) groups excluding carboxylic acids is 2. The maximum Gasteiger partial charge on any atom is 0.374 e. The zero-order valence-corrected chi connectivity index (χ0v) is 9.68. The molecule has 0 aliphatic heterocycles. The van der Waals surface area contributed by atoms with Gasteiger partial charge >= 0.3 is 5.97 Å². The summed E-state index contributed by atoms with van der Waals surface area (Å²) in [6.45, 7) is 0. The van der Waals surface area contributed by atoms with Crippen LogP contribution in [0.2, 0.25) is 0 Å². The van der Waals surface area contributed by atoms with Crippen molar-refractivity contribution in [3.63, 3.8) is 0 Å². The van der Waals surface area contributed by atoms with Crippen LogP contribution in [0.3, 0.4) is 0 Å². The third-order valence-electron chi connectivity index (χ3n) is 2.79. The first kappa shape index (κ1) is 11.7. The molecular weight excluding hydrogens is 246 g/mol. The van der Waals surface area contributed by atoms with Crippen LogP contribution in [-0.4, -0.2) is 29.8 Å². The third kappa shape index (κ3) is 1.93. The molecule has 7 heteroatoms. The number of ether oxygens (including phenoxy) is 1. The fourth-order valence-electron chi connectivity index (χ4n) is 1.94. The summed E-state index contributed by atoms with van der Waals surface area (Å²) in [7, 11) is 1.09. The third-order valence-corrected chi connectivity index (χ3v) is 3.76. The molecule has 1 aliphatic rings. The van der Waals surface area contributed by atoms with Crippen LogP contribution in [0.15, 0.2) is 17.5 Å². The highest BCUT2D eigenvalue weighted by atomic mass is 32.1. The minimum Gasteiger partial charge on any atom is -0.463 e. The van der Waals surface area contributed by atoms with Gasteiger partial charge in [-0.1, -0.05) is 6.07 Å². The van der Waals surface area contributed by atoms with Crippen molar-refractivity contribution in [3.05, 3.63) is 32.5 Å². The number of rotatable bonds is 4. The SMILES string of the molecule is COC(=O)C(=O)[C@@H]1[C@H](c2cccs2)[C@H]1[N+](=O)[O-]. The van der Waals surface area contributed by atoms with Gasteiger partial charge in [-0.25, -0.2) is 4.79 Å². The summed E-state index contributed by atoms with van der Waals surface area (Å²) in [6, 6.07) is 2.49. The summed E-state index contributed by atoms with van der Waals surface area (Å²) in [5.74, 6) is -3.19. The molecule has 0 amide bonds. The summed E-state index contributed by atoms with van der Waals surface area (Å²) in [5, 5.41) is 12.6. The van der Waals surface area contributed by atoms with Gasteiger partial charge in [0.2, 0.25) is 6.04 Å². The molecule has 0 bridgehead atoms. The normalized spacial score (nSPS) is 26.3. The van der Waals surface area contributed by atoms with E-state index >= 15 is 0 Å². The van der Waals surface area contributed by atoms with Crippen LogP contribution in [0.25, 0.3) is 0 Å². The lowest BCUT2D eigenvalue weighted by Gasteiger charge is -1.94. The van der Waals surface area contributed by atoms with E-state index in [1.807, 2.05) is 0 Å². The van der Waals surface area contributed by atoms with Crippen molar-refractivity contribution in [2.24, 2.45) is 5.92 Å². The number of hydrogen-bond donors (Lipinski definition) is 0. The Bertz CT molecular complexity index is 469. The molecule has 0 spiro atoms. The number of Topliss-reactive ketones (excluding diaryl/α,β-unsaturated/α-hetero) is 1. The summed E-state index contributed by atoms with van der Waals surface area (Å²) >= 11 is 1.35. The van der Waals surface area contributed by atoms with Gasteiger partial charge in [-0.2, -0.15) is 0 Å². The van der Waals surface area contributed by atoms with Crippen molar-refractivity contribution in [2.75, 3.05) is 7.11 Å². The van der Waals surface area contributed by atoms with Crippen LogP contribution in [0.4, 0.5) is 0 Å². The molecule has 1 aliphatic carbocycles. The molecule has 0 N–H and O–H groups in total. The van der Waals surface area contributed by atoms with E-state index in [9.17, 15) is 19.7 Å². The predicted octanol–water partition coefficient (Wildman–Crippen LogP) is 0.849. The van der Waals surface area contributed by atoms with Crippen LogP contribution in [-0.2, 0) is 14.3 Å². The average molecular weight is 255 g/mol. The smallest absolute Gasteiger partial charge is 0.374 e. The molecule has 0 radical (unpaired) electrons. The zero-order valence-electron chi connectivity index (χ0n) is 8.86. The van der Waals surface area contributed by atoms with E-state index < -0.39 is 34.6 Å². The maximum atomic E-state index is 11.6. The van der Waals surface area contributed by atoms with Crippen LogP contribution < -0.4 is 0 Å². The highest BCUT2D eigenvalue weighted by molar-refractivity contribution is 7.10. The molecule has 90 valence electrons. The number of carbonyl (C=O) groups is 2. The molecule has 1 aromatic heterocycles. The standard InChI is InChI=1S/C10H9NO5S/c1-16-10(13)9(12)7-6(8(7)11(14)15)5-3-2-4-17-5/h2-4,6-8H,1H3/t6-,7+,8+/m0/s1. The van der Waals surface area contributed by atoms with E-state index in [-0.39, 0.29) is 0 Å². The molecule has 2 rings (SSSR count). The fraction of sp³-hybridized carbons (Fsp3) is 0.400. The van der Waals surface area contributed by atoms with Crippen LogP contribution >= 0.6 is 11.3 Å². The molecule has 0 saturated heterocycles. The molecule has 1 fully saturated rings. The van der Waals surface area contributed by atoms with Gasteiger partial charge < -0.3 is 4.74 Å². The van der Waals surface area contributed by atoms with Gasteiger partial charge in [0.15, 0.2) is 0 Å². The molecule has 1 saturated carbocycles. The Labute approximate surface area is 100 Å². The van der Waals surface area contributed by atoms with Crippen LogP contribution in [0, 0.1) is 16.0 Å². The van der Waals surface area contributed by atoms with E-state index in [4.69, 9.17) is 0 Å². The molecule has 1 aromatic rings. The second-order valence-corrected chi connectivity index (χ2v) is 4.68. The number of esters is 1. The van der Waals surface area contributed by atoms with Crippen molar-refractivity contribution in [2.45, 2.75) is 12.0 Å². The van der Waals surface area contributed by atoms with Crippen molar-refractivity contribution in [1.29, 1.82) is 0 Å². The Kier molecular flexibility index (Phi) is 2.93. The van der Waals surface area contributed by atoms with Gasteiger partial charge in [-0.05, 0) is 11.4 Å². The fourth-order valence-corrected chi connectivity index (χ4v) is 2.85. The number of nitrogens with zero attached hydrogens (tertiary/aromatic N) is 1. The molecule has 17 heavy (non-hydrogen) atoms. The zero-order chi connectivity index (χ0) is 12.6. The number of ketones is 1. The van der Waals surface area contributed by atoms with Gasteiger partial charge in [0.25, 0.3) is 5.78 Å². The summed E-state index contributed by atoms with van der Waals surface area (Å²) in [4.78, 5) is 33.7. The minimum absolute atomic E-state index is 0.489. The first-order valence-corrected chi connectivity index (χ1v) is 5.75. The van der Waals surface area contributed by atoms with Gasteiger partial charge in [0, 0.05) is 9.80 Å². The van der Waals surface area contributed by atoms with Gasteiger partial charge in [-0.15, -0.1) is 11.3 Å². The van der Waals surface area contributed by atoms with Crippen molar-refractivity contribution in [1.82, 2.24) is 0 Å². The lowest BCUT2D eigenvalue weighted by Crippen LogP contribution is -2.21. The number of thiophene rings is 1. The number of nitro groups is 1. The monoisotopic (exact) mass is 255 g/mol. The largest absolute Gasteiger partial charge is 0.463 e. The molecule has 0 unspecified atom stereocenters. The average Bonchev–Trinajstić information content (AvgIpc) is 2.83. The molecular formula is C10H9NO5S. The summed E-state index contributed by atoms with van der Waals surface area (Å²) in [5.41, 5.74) is 0. The molecule has 3 atom stereocenters. The van der Waals surface area contributed by atoms with Crippen molar-refractivity contribution < 1.29 is 19.2 Å². The van der Waals surface area contributed by atoms with Crippen LogP contribution in [0.5, 0.6) is 0 Å². The first-order valence-electron chi connectivity index (χ1n) is 4.87. The quantitative estimate of drug-likeness (QED) is 0.344. The van der Waals surface area contributed by atoms with Crippen molar-refractivity contribution >= 4 is 23.1 Å². The van der Waals surface area contributed by atoms with E-state index in [0.29, 0.717) is 0 Å². The summed E-state index contributed by atoms with van der Waals surface area (Å²) in [6.07, 6.45) is 0. The molecule has 0 aromatic carbocycles. The second kappa shape index (κ2) is 4.25. The number of hydrogen-bond acceptors (Lipinski definition) is 6. The molecule has 1 heterocycles. The highest BCUT2D eigenvalue weighted by Crippen LogP contribution is 2.51. The Morgan fingerprint density at radius 3 is 2.71 bits per heavy atom. The Morgan fingerprint density at radius 2 is 2.24 bits per heavy atom. The predicted molar refractivity (Wildman–Crippen MR) is 58.4 cm³/mol. The lowest BCUT2D eigenvalue weighted by molar-refractivity contribution is -0.498. The summed E-state index contributed by atoms with van der Waals surface area (Å²) < 4.78 is 4.30.